The molecule has 2 aromatic carbocycles. The van der Waals surface area contributed by atoms with Crippen molar-refractivity contribution in [2.75, 3.05) is 32.9 Å². The smallest absolute Gasteiger partial charge is 0.263 e. The summed E-state index contributed by atoms with van der Waals surface area (Å²) in [5.74, 6) is 0.254. The van der Waals surface area contributed by atoms with E-state index in [1.807, 2.05) is 85.0 Å². The van der Waals surface area contributed by atoms with Gasteiger partial charge in [0.1, 0.15) is 4.83 Å². The van der Waals surface area contributed by atoms with Gasteiger partial charge in [0, 0.05) is 37.6 Å². The quantitative estimate of drug-likeness (QED) is 0.257. The van der Waals surface area contributed by atoms with E-state index < -0.39 is 0 Å². The summed E-state index contributed by atoms with van der Waals surface area (Å²) in [5.41, 5.74) is 2.91. The highest BCUT2D eigenvalue weighted by Gasteiger charge is 2.19. The van der Waals surface area contributed by atoms with Crippen molar-refractivity contribution in [1.29, 1.82) is 0 Å². The Morgan fingerprint density at radius 1 is 1.03 bits per heavy atom. The minimum absolute atomic E-state index is 0.0289. The molecule has 0 saturated heterocycles. The van der Waals surface area contributed by atoms with Gasteiger partial charge >= 0.3 is 0 Å². The highest BCUT2D eigenvalue weighted by Crippen LogP contribution is 2.31. The van der Waals surface area contributed by atoms with Crippen LogP contribution in [0, 0.1) is 0 Å². The Labute approximate surface area is 207 Å². The van der Waals surface area contributed by atoms with Crippen LogP contribution in [0.2, 0.25) is 0 Å². The summed E-state index contributed by atoms with van der Waals surface area (Å²) in [6.45, 7) is 1.98. The number of hydrogen-bond donors (Lipinski definition) is 0. The van der Waals surface area contributed by atoms with Crippen LogP contribution in [-0.4, -0.2) is 58.2 Å². The number of benzene rings is 2. The predicted octanol–water partition coefficient (Wildman–Crippen LogP) is 4.34. The third-order valence-electron chi connectivity index (χ3n) is 5.57. The first-order chi connectivity index (χ1) is 16.4. The van der Waals surface area contributed by atoms with Crippen molar-refractivity contribution in [2.24, 2.45) is 7.05 Å². The molecule has 2 heterocycles. The fraction of sp³-hybridized carbons (Fsp3) is 0.269. The zero-order valence-corrected chi connectivity index (χ0v) is 21.2. The fourth-order valence-electron chi connectivity index (χ4n) is 3.65. The maximum absolute atomic E-state index is 13.2. The molecule has 176 valence electrons. The van der Waals surface area contributed by atoms with Gasteiger partial charge in [-0.2, -0.15) is 0 Å². The van der Waals surface area contributed by atoms with E-state index >= 15 is 0 Å². The van der Waals surface area contributed by atoms with Crippen LogP contribution in [0.3, 0.4) is 0 Å². The van der Waals surface area contributed by atoms with Gasteiger partial charge < -0.3 is 9.80 Å². The van der Waals surface area contributed by atoms with Crippen LogP contribution in [0.15, 0.2) is 76.0 Å². The number of rotatable bonds is 9. The van der Waals surface area contributed by atoms with Gasteiger partial charge in [0.15, 0.2) is 5.16 Å². The number of carbonyl (C=O) groups excluding carboxylic acids is 1. The van der Waals surface area contributed by atoms with E-state index in [0.717, 1.165) is 23.2 Å². The molecule has 0 atom stereocenters. The molecule has 0 aliphatic heterocycles. The largest absolute Gasteiger partial charge is 0.336 e. The molecule has 0 N–H and O–H groups in total. The van der Waals surface area contributed by atoms with Crippen LogP contribution in [0.25, 0.3) is 21.3 Å². The molecular formula is C26H28N4O2S2. The molecular weight excluding hydrogens is 464 g/mol. The molecule has 2 aromatic heterocycles. The topological polar surface area (TPSA) is 58.4 Å². The molecule has 0 spiro atoms. The van der Waals surface area contributed by atoms with Crippen LogP contribution < -0.4 is 5.56 Å². The lowest BCUT2D eigenvalue weighted by molar-refractivity contribution is -0.129. The van der Waals surface area contributed by atoms with Gasteiger partial charge in [-0.1, -0.05) is 72.4 Å². The van der Waals surface area contributed by atoms with Crippen LogP contribution in [-0.2, 0) is 18.4 Å². The first kappa shape index (κ1) is 24.2. The molecule has 4 rings (SSSR count). The van der Waals surface area contributed by atoms with E-state index in [0.29, 0.717) is 28.5 Å². The third kappa shape index (κ3) is 5.58. The molecule has 0 aliphatic carbocycles. The number of aromatic nitrogens is 2. The van der Waals surface area contributed by atoms with E-state index in [4.69, 9.17) is 4.98 Å². The molecule has 6 nitrogen and oxygen atoms in total. The molecule has 0 radical (unpaired) electrons. The summed E-state index contributed by atoms with van der Waals surface area (Å²) < 4.78 is 1.56. The Morgan fingerprint density at radius 3 is 2.38 bits per heavy atom. The fourth-order valence-corrected chi connectivity index (χ4v) is 5.51. The lowest BCUT2D eigenvalue weighted by atomic mass is 10.1. The van der Waals surface area contributed by atoms with Crippen molar-refractivity contribution in [1.82, 2.24) is 19.4 Å². The number of thioether (sulfide) groups is 1. The maximum Gasteiger partial charge on any atom is 0.263 e. The minimum Gasteiger partial charge on any atom is -0.336 e. The lowest BCUT2D eigenvalue weighted by Crippen LogP contribution is -2.37. The van der Waals surface area contributed by atoms with E-state index in [9.17, 15) is 9.59 Å². The molecule has 8 heteroatoms. The van der Waals surface area contributed by atoms with E-state index in [2.05, 4.69) is 4.90 Å². The highest BCUT2D eigenvalue weighted by atomic mass is 32.2. The van der Waals surface area contributed by atoms with Gasteiger partial charge in [0.2, 0.25) is 5.91 Å². The zero-order chi connectivity index (χ0) is 24.1. The molecule has 34 heavy (non-hydrogen) atoms. The highest BCUT2D eigenvalue weighted by molar-refractivity contribution is 7.99. The molecule has 0 bridgehead atoms. The Kier molecular flexibility index (Phi) is 7.82. The van der Waals surface area contributed by atoms with Crippen molar-refractivity contribution in [3.63, 3.8) is 0 Å². The summed E-state index contributed by atoms with van der Waals surface area (Å²) in [5, 5.41) is 3.17. The number of amides is 1. The van der Waals surface area contributed by atoms with Gasteiger partial charge in [-0.3, -0.25) is 14.2 Å². The summed E-state index contributed by atoms with van der Waals surface area (Å²) >= 11 is 2.78. The second kappa shape index (κ2) is 11.0. The first-order valence-corrected chi connectivity index (χ1v) is 12.9. The van der Waals surface area contributed by atoms with Gasteiger partial charge in [-0.05, 0) is 25.2 Å². The Morgan fingerprint density at radius 2 is 1.71 bits per heavy atom. The van der Waals surface area contributed by atoms with Crippen LogP contribution >= 0.6 is 23.1 Å². The van der Waals surface area contributed by atoms with Crippen molar-refractivity contribution >= 4 is 39.2 Å². The van der Waals surface area contributed by atoms with E-state index in [1.165, 1.54) is 23.1 Å². The summed E-state index contributed by atoms with van der Waals surface area (Å²) in [4.78, 5) is 35.8. The molecule has 0 fully saturated rings. The number of hydrogen-bond acceptors (Lipinski definition) is 6. The predicted molar refractivity (Wildman–Crippen MR) is 141 cm³/mol. The number of carbonyl (C=O) groups is 1. The second-order valence-electron chi connectivity index (χ2n) is 8.35. The van der Waals surface area contributed by atoms with E-state index in [1.54, 1.807) is 11.6 Å². The number of likely N-dealkylation sites (N-methyl/N-ethyl adjacent to an activating group) is 1. The summed E-state index contributed by atoms with van der Waals surface area (Å²) in [6, 6.07) is 19.9. The van der Waals surface area contributed by atoms with Crippen molar-refractivity contribution in [2.45, 2.75) is 11.7 Å². The molecule has 0 aliphatic rings. The average molecular weight is 493 g/mol. The summed E-state index contributed by atoms with van der Waals surface area (Å²) in [6.07, 6.45) is 0. The maximum atomic E-state index is 13.2. The first-order valence-electron chi connectivity index (χ1n) is 11.1. The Hall–Kier alpha value is -2.94. The molecule has 1 amide bonds. The molecule has 0 saturated carbocycles. The average Bonchev–Trinajstić information content (AvgIpc) is 3.28. The lowest BCUT2D eigenvalue weighted by Gasteiger charge is -2.24. The second-order valence-corrected chi connectivity index (χ2v) is 10.1. The molecule has 0 unspecified atom stereocenters. The number of fused-ring (bicyclic) bond motifs is 1. The third-order valence-corrected chi connectivity index (χ3v) is 7.46. The number of nitrogens with zero attached hydrogens (tertiary/aromatic N) is 4. The van der Waals surface area contributed by atoms with Gasteiger partial charge in [-0.15, -0.1) is 11.3 Å². The van der Waals surface area contributed by atoms with Crippen LogP contribution in [0.4, 0.5) is 0 Å². The normalized spacial score (nSPS) is 11.3. The Balaban J connectivity index is 1.54. The van der Waals surface area contributed by atoms with Gasteiger partial charge in [0.05, 0.1) is 11.1 Å². The van der Waals surface area contributed by atoms with Crippen molar-refractivity contribution < 1.29 is 4.79 Å². The van der Waals surface area contributed by atoms with Crippen LogP contribution in [0.1, 0.15) is 5.56 Å². The standard InChI is InChI=1S/C26H28N4O2S2/c1-28(2)14-15-30(16-19-10-6-4-7-11-19)22(31)18-34-26-27-24-23(25(32)29(26)3)21(17-33-24)20-12-8-5-9-13-20/h4-13,17H,14-16,18H2,1-3H3. The van der Waals surface area contributed by atoms with Gasteiger partial charge in [0.25, 0.3) is 5.56 Å². The minimum atomic E-state index is -0.0891. The number of thiophene rings is 1. The zero-order valence-electron chi connectivity index (χ0n) is 19.6. The molecule has 4 aromatic rings. The van der Waals surface area contributed by atoms with Crippen LogP contribution in [0.5, 0.6) is 0 Å². The Bertz CT molecular complexity index is 1320. The van der Waals surface area contributed by atoms with Gasteiger partial charge in [-0.25, -0.2) is 4.98 Å². The summed E-state index contributed by atoms with van der Waals surface area (Å²) in [7, 11) is 5.72. The monoisotopic (exact) mass is 492 g/mol. The van der Waals surface area contributed by atoms with Crippen molar-refractivity contribution in [3.05, 3.63) is 82.0 Å². The van der Waals surface area contributed by atoms with E-state index in [-0.39, 0.29) is 17.2 Å². The SMILES string of the molecule is CN(C)CCN(Cc1ccccc1)C(=O)CSc1nc2scc(-c3ccccc3)c2c(=O)n1C. The van der Waals surface area contributed by atoms with Crippen molar-refractivity contribution in [3.8, 4) is 11.1 Å².